The number of amides is 1. The average molecular weight is 327 g/mol. The van der Waals surface area contributed by atoms with Gasteiger partial charge in [0.25, 0.3) is 5.91 Å². The summed E-state index contributed by atoms with van der Waals surface area (Å²) < 4.78 is 10.7. The lowest BCUT2D eigenvalue weighted by atomic mass is 10.1. The third kappa shape index (κ3) is 4.43. The lowest BCUT2D eigenvalue weighted by Gasteiger charge is -2.12. The molecule has 2 aromatic carbocycles. The monoisotopic (exact) mass is 327 g/mol. The summed E-state index contributed by atoms with van der Waals surface area (Å²) in [5, 5.41) is 2.80. The second-order valence-corrected chi connectivity index (χ2v) is 5.28. The van der Waals surface area contributed by atoms with Crippen molar-refractivity contribution in [1.82, 2.24) is 0 Å². The van der Waals surface area contributed by atoms with Crippen molar-refractivity contribution in [3.8, 4) is 5.75 Å². The molecule has 0 aliphatic rings. The number of carbonyl (C=O) groups excluding carboxylic acids is 2. The van der Waals surface area contributed by atoms with Crippen LogP contribution in [-0.2, 0) is 11.3 Å². The van der Waals surface area contributed by atoms with Gasteiger partial charge in [-0.1, -0.05) is 12.1 Å². The standard InChI is InChI=1S/C19H21NO4/c1-4-24-18-9-8-15(10-16(18)12-23-3)19(22)20-17-7-5-6-14(11-17)13(2)21/h5-11H,4,12H2,1-3H3,(H,20,22). The first-order valence-electron chi connectivity index (χ1n) is 7.72. The van der Waals surface area contributed by atoms with E-state index in [2.05, 4.69) is 5.32 Å². The minimum absolute atomic E-state index is 0.0467. The molecule has 0 bridgehead atoms. The molecule has 1 amide bonds. The van der Waals surface area contributed by atoms with Gasteiger partial charge in [0.15, 0.2) is 5.78 Å². The van der Waals surface area contributed by atoms with Gasteiger partial charge in [-0.2, -0.15) is 0 Å². The van der Waals surface area contributed by atoms with Crippen molar-refractivity contribution in [1.29, 1.82) is 0 Å². The summed E-state index contributed by atoms with van der Waals surface area (Å²) in [4.78, 5) is 23.9. The molecule has 1 N–H and O–H groups in total. The van der Waals surface area contributed by atoms with Crippen LogP contribution in [0.5, 0.6) is 5.75 Å². The molecule has 0 saturated heterocycles. The molecule has 0 aromatic heterocycles. The Hall–Kier alpha value is -2.66. The van der Waals surface area contributed by atoms with E-state index in [1.165, 1.54) is 6.92 Å². The Morgan fingerprint density at radius 3 is 2.54 bits per heavy atom. The maximum Gasteiger partial charge on any atom is 0.255 e. The molecule has 0 saturated carbocycles. The van der Waals surface area contributed by atoms with Crippen molar-refractivity contribution in [2.24, 2.45) is 0 Å². The molecule has 0 radical (unpaired) electrons. The van der Waals surface area contributed by atoms with Gasteiger partial charge in [0.1, 0.15) is 5.75 Å². The quantitative estimate of drug-likeness (QED) is 0.788. The van der Waals surface area contributed by atoms with E-state index in [1.54, 1.807) is 49.6 Å². The molecule has 2 rings (SSSR count). The fourth-order valence-corrected chi connectivity index (χ4v) is 2.30. The van der Waals surface area contributed by atoms with Crippen molar-refractivity contribution >= 4 is 17.4 Å². The van der Waals surface area contributed by atoms with E-state index in [9.17, 15) is 9.59 Å². The number of hydrogen-bond acceptors (Lipinski definition) is 4. The van der Waals surface area contributed by atoms with Crippen LogP contribution in [0, 0.1) is 0 Å². The Morgan fingerprint density at radius 1 is 1.08 bits per heavy atom. The van der Waals surface area contributed by atoms with Crippen molar-refractivity contribution < 1.29 is 19.1 Å². The molecule has 5 heteroatoms. The van der Waals surface area contributed by atoms with Crippen LogP contribution in [-0.4, -0.2) is 25.4 Å². The number of ether oxygens (including phenoxy) is 2. The largest absolute Gasteiger partial charge is 0.494 e. The van der Waals surface area contributed by atoms with Gasteiger partial charge in [-0.3, -0.25) is 9.59 Å². The highest BCUT2D eigenvalue weighted by molar-refractivity contribution is 6.05. The molecule has 0 atom stereocenters. The number of Topliss-reactive ketones (excluding diaryl/α,β-unsaturated/α-hetero) is 1. The van der Waals surface area contributed by atoms with Crippen LogP contribution in [0.25, 0.3) is 0 Å². The summed E-state index contributed by atoms with van der Waals surface area (Å²) in [7, 11) is 1.59. The SMILES string of the molecule is CCOc1ccc(C(=O)Nc2cccc(C(C)=O)c2)cc1COC. The van der Waals surface area contributed by atoms with Crippen LogP contribution in [0.1, 0.15) is 40.1 Å². The van der Waals surface area contributed by atoms with Gasteiger partial charge >= 0.3 is 0 Å². The second-order valence-electron chi connectivity index (χ2n) is 5.28. The number of ketones is 1. The fraction of sp³-hybridized carbons (Fsp3) is 0.263. The Balaban J connectivity index is 2.21. The third-order valence-corrected chi connectivity index (χ3v) is 3.45. The molecule has 2 aromatic rings. The molecule has 0 heterocycles. The normalized spacial score (nSPS) is 10.3. The summed E-state index contributed by atoms with van der Waals surface area (Å²) in [6, 6.07) is 12.1. The molecule has 0 spiro atoms. The summed E-state index contributed by atoms with van der Waals surface area (Å²) in [5.41, 5.74) is 2.44. The Labute approximate surface area is 141 Å². The molecule has 0 aliphatic heterocycles. The summed E-state index contributed by atoms with van der Waals surface area (Å²) in [5.74, 6) is 0.403. The lowest BCUT2D eigenvalue weighted by molar-refractivity contribution is 0.101. The van der Waals surface area contributed by atoms with E-state index >= 15 is 0 Å². The van der Waals surface area contributed by atoms with E-state index in [4.69, 9.17) is 9.47 Å². The number of anilines is 1. The van der Waals surface area contributed by atoms with Crippen LogP contribution < -0.4 is 10.1 Å². The fourth-order valence-electron chi connectivity index (χ4n) is 2.30. The van der Waals surface area contributed by atoms with E-state index in [-0.39, 0.29) is 11.7 Å². The first kappa shape index (κ1) is 17.7. The number of methoxy groups -OCH3 is 1. The van der Waals surface area contributed by atoms with E-state index in [1.807, 2.05) is 6.92 Å². The van der Waals surface area contributed by atoms with Gasteiger partial charge < -0.3 is 14.8 Å². The molecule has 0 fully saturated rings. The van der Waals surface area contributed by atoms with Gasteiger partial charge in [0, 0.05) is 29.5 Å². The predicted molar refractivity (Wildman–Crippen MR) is 92.7 cm³/mol. The smallest absolute Gasteiger partial charge is 0.255 e. The summed E-state index contributed by atoms with van der Waals surface area (Å²) in [6.45, 7) is 4.29. The number of benzene rings is 2. The van der Waals surface area contributed by atoms with Gasteiger partial charge in [0.2, 0.25) is 0 Å². The minimum Gasteiger partial charge on any atom is -0.494 e. The van der Waals surface area contributed by atoms with Crippen molar-refractivity contribution in [3.63, 3.8) is 0 Å². The molecule has 5 nitrogen and oxygen atoms in total. The maximum absolute atomic E-state index is 12.4. The zero-order chi connectivity index (χ0) is 17.5. The highest BCUT2D eigenvalue weighted by Gasteiger charge is 2.11. The van der Waals surface area contributed by atoms with Crippen LogP contribution in [0.2, 0.25) is 0 Å². The predicted octanol–water partition coefficient (Wildman–Crippen LogP) is 3.69. The van der Waals surface area contributed by atoms with E-state index < -0.39 is 0 Å². The Bertz CT molecular complexity index is 740. The zero-order valence-electron chi connectivity index (χ0n) is 14.1. The first-order valence-corrected chi connectivity index (χ1v) is 7.72. The van der Waals surface area contributed by atoms with Crippen LogP contribution in [0.3, 0.4) is 0 Å². The molecular formula is C19H21NO4. The highest BCUT2D eigenvalue weighted by atomic mass is 16.5. The van der Waals surface area contributed by atoms with Gasteiger partial charge in [-0.25, -0.2) is 0 Å². The van der Waals surface area contributed by atoms with Crippen LogP contribution in [0.15, 0.2) is 42.5 Å². The molecule has 0 aliphatic carbocycles. The number of hydrogen-bond donors (Lipinski definition) is 1. The van der Waals surface area contributed by atoms with Gasteiger partial charge in [0.05, 0.1) is 13.2 Å². The summed E-state index contributed by atoms with van der Waals surface area (Å²) in [6.07, 6.45) is 0. The molecule has 0 unspecified atom stereocenters. The third-order valence-electron chi connectivity index (χ3n) is 3.45. The van der Waals surface area contributed by atoms with Crippen LogP contribution >= 0.6 is 0 Å². The second kappa shape index (κ2) is 8.26. The first-order chi connectivity index (χ1) is 11.5. The molecule has 126 valence electrons. The minimum atomic E-state index is -0.254. The Kier molecular flexibility index (Phi) is 6.09. The summed E-state index contributed by atoms with van der Waals surface area (Å²) >= 11 is 0. The van der Waals surface area contributed by atoms with Gasteiger partial charge in [-0.15, -0.1) is 0 Å². The zero-order valence-corrected chi connectivity index (χ0v) is 14.1. The van der Waals surface area contributed by atoms with E-state index in [0.717, 1.165) is 5.56 Å². The van der Waals surface area contributed by atoms with Crippen molar-refractivity contribution in [2.45, 2.75) is 20.5 Å². The topological polar surface area (TPSA) is 64.6 Å². The maximum atomic E-state index is 12.4. The van der Waals surface area contributed by atoms with Gasteiger partial charge in [-0.05, 0) is 44.2 Å². The number of carbonyl (C=O) groups is 2. The Morgan fingerprint density at radius 2 is 1.88 bits per heavy atom. The average Bonchev–Trinajstić information content (AvgIpc) is 2.57. The molecular weight excluding hydrogens is 306 g/mol. The number of nitrogens with one attached hydrogen (secondary N) is 1. The highest BCUT2D eigenvalue weighted by Crippen LogP contribution is 2.22. The number of rotatable bonds is 7. The van der Waals surface area contributed by atoms with Crippen LogP contribution in [0.4, 0.5) is 5.69 Å². The van der Waals surface area contributed by atoms with Crippen molar-refractivity contribution in [2.75, 3.05) is 19.0 Å². The molecule has 24 heavy (non-hydrogen) atoms. The van der Waals surface area contributed by atoms with Crippen molar-refractivity contribution in [3.05, 3.63) is 59.2 Å². The van der Waals surface area contributed by atoms with E-state index in [0.29, 0.717) is 35.8 Å². The lowest BCUT2D eigenvalue weighted by Crippen LogP contribution is -2.13.